The topological polar surface area (TPSA) is 121 Å². The summed E-state index contributed by atoms with van der Waals surface area (Å²) in [4.78, 5) is 19.0. The lowest BCUT2D eigenvalue weighted by molar-refractivity contribution is -0.384. The third kappa shape index (κ3) is 2.91. The number of pyridine rings is 1. The average molecular weight is 328 g/mol. The van der Waals surface area contributed by atoms with E-state index >= 15 is 0 Å². The van der Waals surface area contributed by atoms with Crippen LogP contribution in [0.1, 0.15) is 0 Å². The van der Waals surface area contributed by atoms with Crippen molar-refractivity contribution in [2.45, 2.75) is 6.54 Å². The monoisotopic (exact) mass is 328 g/mol. The van der Waals surface area contributed by atoms with Crippen molar-refractivity contribution in [3.63, 3.8) is 0 Å². The second kappa shape index (κ2) is 6.41. The van der Waals surface area contributed by atoms with E-state index < -0.39 is 4.92 Å². The number of aromatic nitrogens is 3. The van der Waals surface area contributed by atoms with Gasteiger partial charge in [-0.05, 0) is 12.1 Å². The first-order valence-electron chi connectivity index (χ1n) is 7.24. The smallest absolute Gasteiger partial charge is 0.311 e. The van der Waals surface area contributed by atoms with Crippen LogP contribution >= 0.6 is 0 Å². The zero-order chi connectivity index (χ0) is 17.1. The van der Waals surface area contributed by atoms with Crippen LogP contribution < -0.4 is 15.8 Å². The van der Waals surface area contributed by atoms with Gasteiger partial charge in [0, 0.05) is 25.2 Å². The number of rotatable bonds is 6. The fourth-order valence-corrected chi connectivity index (χ4v) is 2.44. The summed E-state index contributed by atoms with van der Waals surface area (Å²) < 4.78 is 6.85. The van der Waals surface area contributed by atoms with Gasteiger partial charge in [-0.25, -0.2) is 4.98 Å². The number of nitrogens with one attached hydrogen (secondary N) is 1. The Kier molecular flexibility index (Phi) is 4.15. The molecule has 2 heterocycles. The molecule has 3 aromatic rings. The Morgan fingerprint density at radius 3 is 2.83 bits per heavy atom. The molecule has 124 valence electrons. The van der Waals surface area contributed by atoms with Crippen LogP contribution in [0.5, 0.6) is 5.88 Å². The summed E-state index contributed by atoms with van der Waals surface area (Å²) in [5, 5.41) is 14.1. The van der Waals surface area contributed by atoms with E-state index in [4.69, 9.17) is 10.5 Å². The molecule has 0 saturated carbocycles. The van der Waals surface area contributed by atoms with Crippen molar-refractivity contribution in [3.05, 3.63) is 46.5 Å². The minimum atomic E-state index is -0.490. The first kappa shape index (κ1) is 15.5. The summed E-state index contributed by atoms with van der Waals surface area (Å²) in [6.07, 6.45) is 0. The largest absolute Gasteiger partial charge is 0.481 e. The van der Waals surface area contributed by atoms with Gasteiger partial charge in [0.1, 0.15) is 0 Å². The zero-order valence-electron chi connectivity index (χ0n) is 13.0. The van der Waals surface area contributed by atoms with Crippen LogP contribution in [0.4, 0.5) is 17.5 Å². The number of nitro groups is 1. The number of fused-ring (bicyclic) bond motifs is 1. The molecule has 0 saturated heterocycles. The zero-order valence-corrected chi connectivity index (χ0v) is 13.0. The fraction of sp³-hybridized carbons (Fsp3) is 0.200. The normalized spacial score (nSPS) is 10.7. The van der Waals surface area contributed by atoms with Gasteiger partial charge in [0.2, 0.25) is 17.6 Å². The molecule has 0 bridgehead atoms. The average Bonchev–Trinajstić information content (AvgIpc) is 2.90. The molecule has 3 N–H and O–H groups in total. The lowest BCUT2D eigenvalue weighted by Gasteiger charge is -2.10. The predicted octanol–water partition coefficient (Wildman–Crippen LogP) is 2.04. The Morgan fingerprint density at radius 1 is 1.29 bits per heavy atom. The van der Waals surface area contributed by atoms with E-state index in [0.29, 0.717) is 24.9 Å². The molecule has 0 amide bonds. The van der Waals surface area contributed by atoms with E-state index in [-0.39, 0.29) is 11.5 Å². The van der Waals surface area contributed by atoms with Gasteiger partial charge in [0.05, 0.1) is 23.1 Å². The highest BCUT2D eigenvalue weighted by Gasteiger charge is 2.16. The van der Waals surface area contributed by atoms with Crippen LogP contribution in [0, 0.1) is 10.1 Å². The van der Waals surface area contributed by atoms with Crippen LogP contribution in [-0.4, -0.2) is 33.1 Å². The van der Waals surface area contributed by atoms with Crippen LogP contribution in [-0.2, 0) is 6.54 Å². The number of anilines is 2. The molecular weight excluding hydrogens is 312 g/mol. The van der Waals surface area contributed by atoms with Crippen molar-refractivity contribution < 1.29 is 9.66 Å². The molecule has 9 nitrogen and oxygen atoms in total. The van der Waals surface area contributed by atoms with Gasteiger partial charge in [-0.2, -0.15) is 4.98 Å². The molecule has 2 aromatic heterocycles. The van der Waals surface area contributed by atoms with Crippen LogP contribution in [0.15, 0.2) is 36.4 Å². The molecule has 1 aromatic carbocycles. The highest BCUT2D eigenvalue weighted by molar-refractivity contribution is 5.78. The number of benzene rings is 1. The Hall–Kier alpha value is -3.36. The van der Waals surface area contributed by atoms with Gasteiger partial charge in [-0.1, -0.05) is 12.1 Å². The summed E-state index contributed by atoms with van der Waals surface area (Å²) in [6.45, 7) is 0.883. The van der Waals surface area contributed by atoms with E-state index in [0.717, 1.165) is 11.0 Å². The third-order valence-electron chi connectivity index (χ3n) is 3.57. The van der Waals surface area contributed by atoms with E-state index in [2.05, 4.69) is 15.3 Å². The minimum absolute atomic E-state index is 0.112. The fourth-order valence-electron chi connectivity index (χ4n) is 2.44. The van der Waals surface area contributed by atoms with E-state index in [9.17, 15) is 10.1 Å². The van der Waals surface area contributed by atoms with Gasteiger partial charge in [0.15, 0.2) is 0 Å². The molecular formula is C15H16N6O3. The first-order valence-corrected chi connectivity index (χ1v) is 7.24. The molecule has 0 fully saturated rings. The summed E-state index contributed by atoms with van der Waals surface area (Å²) in [5.74, 6) is 0.851. The summed E-state index contributed by atoms with van der Waals surface area (Å²) >= 11 is 0. The van der Waals surface area contributed by atoms with Gasteiger partial charge >= 0.3 is 5.69 Å². The molecule has 9 heteroatoms. The molecule has 24 heavy (non-hydrogen) atoms. The van der Waals surface area contributed by atoms with Gasteiger partial charge in [0.25, 0.3) is 0 Å². The Bertz CT molecular complexity index is 892. The summed E-state index contributed by atoms with van der Waals surface area (Å²) in [7, 11) is 1.45. The lowest BCUT2D eigenvalue weighted by atomic mass is 10.3. The SMILES string of the molecule is COc1ccc([N+](=O)[O-])c(NCCn2c(N)nc3ccccc32)n1. The van der Waals surface area contributed by atoms with Crippen LogP contribution in [0.3, 0.4) is 0 Å². The lowest BCUT2D eigenvalue weighted by Crippen LogP contribution is -2.14. The van der Waals surface area contributed by atoms with Crippen LogP contribution in [0.25, 0.3) is 11.0 Å². The molecule has 0 unspecified atom stereocenters. The number of nitrogen functional groups attached to an aromatic ring is 1. The number of hydrogen-bond acceptors (Lipinski definition) is 7. The molecule has 0 atom stereocenters. The standard InChI is InChI=1S/C15H16N6O3/c1-24-13-7-6-12(21(22)23)14(19-13)17-8-9-20-11-5-3-2-4-10(11)18-15(20)16/h2-7H,8-9H2,1H3,(H2,16,18)(H,17,19). The van der Waals surface area contributed by atoms with Crippen LogP contribution in [0.2, 0.25) is 0 Å². The number of nitrogens with zero attached hydrogens (tertiary/aromatic N) is 4. The molecule has 0 radical (unpaired) electrons. The van der Waals surface area contributed by atoms with Gasteiger partial charge in [-0.3, -0.25) is 10.1 Å². The number of hydrogen-bond donors (Lipinski definition) is 2. The molecule has 3 rings (SSSR count). The highest BCUT2D eigenvalue weighted by Crippen LogP contribution is 2.25. The molecule has 0 aliphatic rings. The Labute approximate surface area is 137 Å². The van der Waals surface area contributed by atoms with E-state index in [1.54, 1.807) is 0 Å². The Morgan fingerprint density at radius 2 is 2.08 bits per heavy atom. The maximum atomic E-state index is 11.1. The second-order valence-electron chi connectivity index (χ2n) is 5.02. The maximum Gasteiger partial charge on any atom is 0.311 e. The molecule has 0 aliphatic heterocycles. The van der Waals surface area contributed by atoms with Crippen molar-refractivity contribution in [3.8, 4) is 5.88 Å². The van der Waals surface area contributed by atoms with E-state index in [1.807, 2.05) is 28.8 Å². The van der Waals surface area contributed by atoms with Crippen molar-refractivity contribution in [2.24, 2.45) is 0 Å². The van der Waals surface area contributed by atoms with E-state index in [1.165, 1.54) is 19.2 Å². The number of ether oxygens (including phenoxy) is 1. The summed E-state index contributed by atoms with van der Waals surface area (Å²) in [5.41, 5.74) is 7.54. The quantitative estimate of drug-likeness (QED) is 0.524. The van der Waals surface area contributed by atoms with Crippen molar-refractivity contribution in [1.29, 1.82) is 0 Å². The number of imidazole rings is 1. The number of nitrogens with two attached hydrogens (primary N) is 1. The second-order valence-corrected chi connectivity index (χ2v) is 5.02. The first-order chi connectivity index (χ1) is 11.6. The van der Waals surface area contributed by atoms with Gasteiger partial charge < -0.3 is 20.4 Å². The van der Waals surface area contributed by atoms with Crippen molar-refractivity contribution in [2.75, 3.05) is 24.7 Å². The van der Waals surface area contributed by atoms with Crippen molar-refractivity contribution >= 4 is 28.5 Å². The number of methoxy groups -OCH3 is 1. The highest BCUT2D eigenvalue weighted by atomic mass is 16.6. The Balaban J connectivity index is 1.78. The minimum Gasteiger partial charge on any atom is -0.481 e. The van der Waals surface area contributed by atoms with Gasteiger partial charge in [-0.15, -0.1) is 0 Å². The molecule has 0 aliphatic carbocycles. The number of para-hydroxylation sites is 2. The summed E-state index contributed by atoms with van der Waals surface area (Å²) in [6, 6.07) is 10.4. The maximum absolute atomic E-state index is 11.1. The third-order valence-corrected chi connectivity index (χ3v) is 3.57. The van der Waals surface area contributed by atoms with Crippen molar-refractivity contribution in [1.82, 2.24) is 14.5 Å². The molecule has 0 spiro atoms. The predicted molar refractivity (Wildman–Crippen MR) is 90.1 cm³/mol.